The van der Waals surface area contributed by atoms with Crippen LogP contribution in [0.2, 0.25) is 0 Å². The minimum atomic E-state index is -0.956. The van der Waals surface area contributed by atoms with E-state index in [0.717, 1.165) is 25.3 Å². The number of carboxylic acids is 1. The van der Waals surface area contributed by atoms with Gasteiger partial charge in [0.2, 0.25) is 0 Å². The first kappa shape index (κ1) is 14.3. The standard InChI is InChI=1S/C16H23N3O2/c20-16(21)14-7-5-8-15(17-14)19-11-2-1-6-13(12-19)18-9-3-4-10-18/h5,7-8,13H,1-4,6,9-12H2,(H,20,21). The molecule has 0 spiro atoms. The van der Waals surface area contributed by atoms with Crippen LogP contribution in [0.1, 0.15) is 42.6 Å². The molecule has 2 aliphatic rings. The van der Waals surface area contributed by atoms with Crippen molar-refractivity contribution in [1.29, 1.82) is 0 Å². The first-order valence-electron chi connectivity index (χ1n) is 7.93. The van der Waals surface area contributed by atoms with Crippen LogP contribution in [0.4, 0.5) is 5.82 Å². The van der Waals surface area contributed by atoms with Gasteiger partial charge in [-0.3, -0.25) is 4.90 Å². The Morgan fingerprint density at radius 3 is 2.67 bits per heavy atom. The second kappa shape index (κ2) is 6.43. The van der Waals surface area contributed by atoms with Crippen LogP contribution in [0.15, 0.2) is 18.2 Å². The second-order valence-corrected chi connectivity index (χ2v) is 6.02. The minimum Gasteiger partial charge on any atom is -0.477 e. The lowest BCUT2D eigenvalue weighted by atomic mass is 10.1. The van der Waals surface area contributed by atoms with E-state index in [-0.39, 0.29) is 5.69 Å². The van der Waals surface area contributed by atoms with E-state index in [1.54, 1.807) is 12.1 Å². The fourth-order valence-electron chi connectivity index (χ4n) is 3.45. The number of aromatic nitrogens is 1. The summed E-state index contributed by atoms with van der Waals surface area (Å²) in [5, 5.41) is 9.10. The summed E-state index contributed by atoms with van der Waals surface area (Å²) in [6, 6.07) is 5.87. The van der Waals surface area contributed by atoms with Gasteiger partial charge in [0.25, 0.3) is 0 Å². The number of pyridine rings is 1. The summed E-state index contributed by atoms with van der Waals surface area (Å²) in [5.74, 6) is -0.149. The zero-order valence-corrected chi connectivity index (χ0v) is 12.4. The second-order valence-electron chi connectivity index (χ2n) is 6.02. The van der Waals surface area contributed by atoms with Crippen LogP contribution in [0.3, 0.4) is 0 Å². The number of carboxylic acid groups (broad SMARTS) is 1. The van der Waals surface area contributed by atoms with Gasteiger partial charge in [0.1, 0.15) is 5.82 Å². The molecule has 1 unspecified atom stereocenters. The molecule has 1 aromatic rings. The van der Waals surface area contributed by atoms with Crippen molar-refractivity contribution < 1.29 is 9.90 Å². The van der Waals surface area contributed by atoms with Crippen LogP contribution >= 0.6 is 0 Å². The molecule has 1 N–H and O–H groups in total. The van der Waals surface area contributed by atoms with Gasteiger partial charge in [-0.15, -0.1) is 0 Å². The third kappa shape index (κ3) is 3.35. The highest BCUT2D eigenvalue weighted by Crippen LogP contribution is 2.23. The van der Waals surface area contributed by atoms with Crippen molar-refractivity contribution >= 4 is 11.8 Å². The summed E-state index contributed by atoms with van der Waals surface area (Å²) in [7, 11) is 0. The van der Waals surface area contributed by atoms with Gasteiger partial charge in [-0.1, -0.05) is 12.5 Å². The highest BCUT2D eigenvalue weighted by Gasteiger charge is 2.26. The summed E-state index contributed by atoms with van der Waals surface area (Å²) < 4.78 is 0. The number of hydrogen-bond donors (Lipinski definition) is 1. The lowest BCUT2D eigenvalue weighted by Gasteiger charge is -2.31. The molecule has 0 saturated carbocycles. The maximum absolute atomic E-state index is 11.1. The van der Waals surface area contributed by atoms with E-state index >= 15 is 0 Å². The maximum Gasteiger partial charge on any atom is 0.354 e. The van der Waals surface area contributed by atoms with Crippen LogP contribution in [0.25, 0.3) is 0 Å². The minimum absolute atomic E-state index is 0.134. The van der Waals surface area contributed by atoms with Crippen LogP contribution in [0.5, 0.6) is 0 Å². The molecular weight excluding hydrogens is 266 g/mol. The van der Waals surface area contributed by atoms with E-state index in [2.05, 4.69) is 14.8 Å². The van der Waals surface area contributed by atoms with Crippen LogP contribution in [-0.4, -0.2) is 53.2 Å². The fraction of sp³-hybridized carbons (Fsp3) is 0.625. The molecule has 5 nitrogen and oxygen atoms in total. The van der Waals surface area contributed by atoms with Crippen molar-refractivity contribution in [1.82, 2.24) is 9.88 Å². The van der Waals surface area contributed by atoms with Crippen molar-refractivity contribution in [3.05, 3.63) is 23.9 Å². The Kier molecular flexibility index (Phi) is 4.39. The van der Waals surface area contributed by atoms with Gasteiger partial charge >= 0.3 is 5.97 Å². The summed E-state index contributed by atoms with van der Waals surface area (Å²) >= 11 is 0. The Labute approximate surface area is 125 Å². The third-order valence-electron chi connectivity index (χ3n) is 4.58. The zero-order valence-electron chi connectivity index (χ0n) is 12.4. The molecule has 2 aliphatic heterocycles. The smallest absolute Gasteiger partial charge is 0.354 e. The van der Waals surface area contributed by atoms with Gasteiger partial charge in [0.15, 0.2) is 5.69 Å². The van der Waals surface area contributed by atoms with Crippen molar-refractivity contribution in [3.8, 4) is 0 Å². The highest BCUT2D eigenvalue weighted by molar-refractivity contribution is 5.85. The molecule has 1 atom stereocenters. The Morgan fingerprint density at radius 2 is 1.90 bits per heavy atom. The molecule has 21 heavy (non-hydrogen) atoms. The molecule has 2 saturated heterocycles. The van der Waals surface area contributed by atoms with Gasteiger partial charge < -0.3 is 10.0 Å². The molecule has 3 heterocycles. The van der Waals surface area contributed by atoms with E-state index in [1.165, 1.54) is 38.8 Å². The molecule has 0 radical (unpaired) electrons. The molecular formula is C16H23N3O2. The number of likely N-dealkylation sites (tertiary alicyclic amines) is 1. The monoisotopic (exact) mass is 289 g/mol. The van der Waals surface area contributed by atoms with Crippen LogP contribution in [0, 0.1) is 0 Å². The normalized spacial score (nSPS) is 24.0. The molecule has 0 aromatic carbocycles. The third-order valence-corrected chi connectivity index (χ3v) is 4.58. The van der Waals surface area contributed by atoms with E-state index in [4.69, 9.17) is 5.11 Å². The molecule has 0 bridgehead atoms. The predicted molar refractivity (Wildman–Crippen MR) is 81.9 cm³/mol. The first-order valence-corrected chi connectivity index (χ1v) is 7.93. The van der Waals surface area contributed by atoms with Gasteiger partial charge in [0, 0.05) is 19.1 Å². The summed E-state index contributed by atoms with van der Waals surface area (Å²) in [6.07, 6.45) is 6.27. The quantitative estimate of drug-likeness (QED) is 0.925. The summed E-state index contributed by atoms with van der Waals surface area (Å²) in [6.45, 7) is 4.36. The summed E-state index contributed by atoms with van der Waals surface area (Å²) in [4.78, 5) is 20.3. The number of aromatic carboxylic acids is 1. The van der Waals surface area contributed by atoms with Crippen LogP contribution in [-0.2, 0) is 0 Å². The molecule has 2 fully saturated rings. The van der Waals surface area contributed by atoms with Gasteiger partial charge in [-0.05, 0) is 50.9 Å². The lowest BCUT2D eigenvalue weighted by molar-refractivity contribution is 0.0690. The topological polar surface area (TPSA) is 56.7 Å². The van der Waals surface area contributed by atoms with Crippen LogP contribution < -0.4 is 4.90 Å². The largest absolute Gasteiger partial charge is 0.477 e. The van der Waals surface area contributed by atoms with Gasteiger partial charge in [-0.2, -0.15) is 0 Å². The van der Waals surface area contributed by atoms with Gasteiger partial charge in [0.05, 0.1) is 0 Å². The Morgan fingerprint density at radius 1 is 1.14 bits per heavy atom. The molecule has 0 amide bonds. The number of hydrogen-bond acceptors (Lipinski definition) is 4. The summed E-state index contributed by atoms with van der Waals surface area (Å²) in [5.41, 5.74) is 0.134. The highest BCUT2D eigenvalue weighted by atomic mass is 16.4. The van der Waals surface area contributed by atoms with Crippen molar-refractivity contribution in [2.24, 2.45) is 0 Å². The fourth-order valence-corrected chi connectivity index (χ4v) is 3.45. The zero-order chi connectivity index (χ0) is 14.7. The first-order chi connectivity index (χ1) is 10.2. The van der Waals surface area contributed by atoms with Crippen molar-refractivity contribution in [2.45, 2.75) is 38.1 Å². The Bertz CT molecular complexity index is 500. The van der Waals surface area contributed by atoms with E-state index in [0.29, 0.717) is 6.04 Å². The van der Waals surface area contributed by atoms with E-state index < -0.39 is 5.97 Å². The van der Waals surface area contributed by atoms with Crippen molar-refractivity contribution in [2.75, 3.05) is 31.1 Å². The van der Waals surface area contributed by atoms with E-state index in [1.807, 2.05) is 6.07 Å². The van der Waals surface area contributed by atoms with E-state index in [9.17, 15) is 4.79 Å². The predicted octanol–water partition coefficient (Wildman–Crippen LogP) is 2.23. The number of carbonyl (C=O) groups is 1. The number of rotatable bonds is 3. The average molecular weight is 289 g/mol. The average Bonchev–Trinajstić information content (AvgIpc) is 2.92. The Hall–Kier alpha value is -1.62. The molecule has 3 rings (SSSR count). The number of nitrogens with zero attached hydrogens (tertiary/aromatic N) is 3. The van der Waals surface area contributed by atoms with Gasteiger partial charge in [-0.25, -0.2) is 9.78 Å². The number of anilines is 1. The SMILES string of the molecule is O=C(O)c1cccc(N2CCCCC(N3CCCC3)C2)n1. The molecule has 0 aliphatic carbocycles. The molecule has 114 valence electrons. The maximum atomic E-state index is 11.1. The molecule has 1 aromatic heterocycles. The molecule has 5 heteroatoms. The Balaban J connectivity index is 1.76. The lowest BCUT2D eigenvalue weighted by Crippen LogP contribution is -2.41. The van der Waals surface area contributed by atoms with Crippen molar-refractivity contribution in [3.63, 3.8) is 0 Å².